The van der Waals surface area contributed by atoms with Crippen LogP contribution in [0.1, 0.15) is 279 Å². The molecule has 0 bridgehead atoms. The summed E-state index contributed by atoms with van der Waals surface area (Å²) >= 11 is 7.57. The number of nitrogens with zero attached hydrogens (tertiary/aromatic N) is 20. The molecule has 5 saturated carbocycles. The molecule has 5 fully saturated rings. The molecule has 5 aromatic heterocycles. The van der Waals surface area contributed by atoms with Crippen molar-refractivity contribution in [2.75, 3.05) is 59.3 Å². The number of Topliss-reactive ketones (excluding diaryl/α,β-unsaturated/α-hetero) is 5. The molecular weight excluding hydrogens is 1920 g/mol. The van der Waals surface area contributed by atoms with Crippen LogP contribution in [-0.4, -0.2) is 166 Å². The van der Waals surface area contributed by atoms with Gasteiger partial charge in [0.25, 0.3) is 0 Å². The number of anilines is 5. The fourth-order valence-electron chi connectivity index (χ4n) is 15.5. The van der Waals surface area contributed by atoms with E-state index in [4.69, 9.17) is 0 Å². The van der Waals surface area contributed by atoms with Crippen molar-refractivity contribution in [3.63, 3.8) is 0 Å². The maximum absolute atomic E-state index is 11.6. The fraction of sp³-hybridized carbons (Fsp3) is 0.414. The zero-order valence-corrected chi connectivity index (χ0v) is 89.2. The standard InChI is InChI=1S/2C23H27N5OS.2C22H25N5OS.C21H23N5OS/c1-4-18(29)11-15-5-9-19(10-6-15)30-23-27-21(16-7-8-16)26-22(28-23)25-20-12-17(13-24-20)14(2)3;1-3-5-16-13-20(24-14-16)25-22-26-21(17-8-9-17)27-23(28-22)30-19-10-6-15(7-11-19)12-18(29)4-2;1-13(2)17-11-19(23-12-17)24-21-25-20(16-6-7-16)26-22(27-21)29-18-8-4-15(5-9-18)10-14(3)28;1-3-4-16-12-19(23-13-16)24-21-25-20(17-7-8-17)26-22(27-21)29-18-9-5-15(6-10-18)11-14(2)28;1-3-16(27)11-14-4-8-17(9-5-14)28-21-25-19(15-6-7-15)24-20(26-21)23-18-10-13(2)12-22-18/h5-6,9-10,12,14,16H,4,7-8,11,13H2,1-3H3,(H,24,25,26,27,28);6-7,10-11,13,17H,3-5,8-9,12,14H2,1-2H3,(H,24,25,26,27,28);4-5,8-9,11,13,16H,6-7,10,12H2,1-3H3,(H,23,24,25,26,27);5-6,9-10,12,17H,3-4,7-8,11,13H2,1-2H3,(H,23,24,25,26,27);4-5,8-10,15H,3,6-7,11-12H2,1-2H3,(H,22,23,24,25,26). The van der Waals surface area contributed by atoms with Crippen LogP contribution in [0.25, 0.3) is 0 Å². The van der Waals surface area contributed by atoms with Crippen LogP contribution in [0.15, 0.2) is 255 Å². The predicted molar refractivity (Wildman–Crippen MR) is 583 cm³/mol. The van der Waals surface area contributed by atoms with Crippen LogP contribution in [0, 0.1) is 11.8 Å². The first kappa shape index (κ1) is 106. The van der Waals surface area contributed by atoms with Gasteiger partial charge >= 0.3 is 0 Å². The quantitative estimate of drug-likeness (QED) is 0.0239. The van der Waals surface area contributed by atoms with Crippen molar-refractivity contribution in [1.29, 1.82) is 0 Å². The second-order valence-electron chi connectivity index (χ2n) is 38.5. The molecule has 5 aromatic carbocycles. The number of benzene rings is 5. The highest BCUT2D eigenvalue weighted by Crippen LogP contribution is 2.45. The lowest BCUT2D eigenvalue weighted by atomic mass is 10.0. The van der Waals surface area contributed by atoms with E-state index >= 15 is 0 Å². The number of nitrogens with one attached hydrogen (secondary N) is 5. The van der Waals surface area contributed by atoms with Gasteiger partial charge in [0, 0.05) is 105 Å². The van der Waals surface area contributed by atoms with Crippen molar-refractivity contribution in [2.24, 2.45) is 36.8 Å². The van der Waals surface area contributed by atoms with Crippen molar-refractivity contribution in [3.05, 3.63) is 237 Å². The Kier molecular flexibility index (Phi) is 37.5. The minimum atomic E-state index is 0.164. The second kappa shape index (κ2) is 51.6. The van der Waals surface area contributed by atoms with Gasteiger partial charge in [-0.1, -0.05) is 136 Å². The lowest BCUT2D eigenvalue weighted by molar-refractivity contribution is -0.118. The van der Waals surface area contributed by atoms with E-state index in [0.29, 0.717) is 148 Å². The van der Waals surface area contributed by atoms with Crippen molar-refractivity contribution in [2.45, 2.75) is 304 Å². The van der Waals surface area contributed by atoms with Gasteiger partial charge in [-0.05, 0) is 315 Å². The third kappa shape index (κ3) is 33.7. The molecule has 30 nitrogen and oxygen atoms in total. The summed E-state index contributed by atoms with van der Waals surface area (Å²) in [6.07, 6.45) is 30.2. The maximum Gasteiger partial charge on any atom is 0.232 e. The number of carbonyl (C=O) groups excluding carboxylic acids is 5. The normalized spacial score (nSPS) is 15.8. The molecule has 0 radical (unpaired) electrons. The van der Waals surface area contributed by atoms with Crippen LogP contribution in [0.5, 0.6) is 0 Å². The predicted octanol–water partition coefficient (Wildman–Crippen LogP) is 23.0. The Hall–Kier alpha value is -12.7. The Morgan fingerprint density at radius 2 is 0.514 bits per heavy atom. The number of aliphatic imine (C=N–C) groups is 5. The van der Waals surface area contributed by atoms with Crippen LogP contribution in [-0.2, 0) is 56.1 Å². The molecule has 10 heterocycles. The summed E-state index contributed by atoms with van der Waals surface area (Å²) < 4.78 is 0. The molecule has 10 aliphatic rings. The van der Waals surface area contributed by atoms with Gasteiger partial charge < -0.3 is 26.6 Å². The van der Waals surface area contributed by atoms with E-state index in [2.05, 4.69) is 199 Å². The van der Waals surface area contributed by atoms with E-state index < -0.39 is 0 Å². The highest BCUT2D eigenvalue weighted by Gasteiger charge is 2.34. The first-order valence-corrected chi connectivity index (χ1v) is 55.1. The minimum absolute atomic E-state index is 0.164. The monoisotopic (exact) mass is 2050 g/mol. The number of aromatic nitrogens is 15. The van der Waals surface area contributed by atoms with E-state index in [1.165, 1.54) is 86.7 Å². The van der Waals surface area contributed by atoms with Gasteiger partial charge in [0.15, 0.2) is 25.8 Å². The van der Waals surface area contributed by atoms with E-state index in [9.17, 15) is 24.0 Å². The number of hydrogen-bond acceptors (Lipinski definition) is 35. The average molecular weight is 2050 g/mol. The summed E-state index contributed by atoms with van der Waals surface area (Å²) in [5, 5.41) is 19.7. The van der Waals surface area contributed by atoms with E-state index in [1.54, 1.807) is 13.8 Å². The molecule has 10 aromatic rings. The topological polar surface area (TPSA) is 401 Å². The fourth-order valence-corrected chi connectivity index (χ4v) is 19.3. The summed E-state index contributed by atoms with van der Waals surface area (Å²) in [6, 6.07) is 40.1. The van der Waals surface area contributed by atoms with E-state index in [-0.39, 0.29) is 28.9 Å². The third-order valence-corrected chi connectivity index (χ3v) is 29.0. The lowest BCUT2D eigenvalue weighted by Crippen LogP contribution is -2.12. The molecule has 0 spiro atoms. The van der Waals surface area contributed by atoms with Crippen molar-refractivity contribution >= 4 is 147 Å². The largest absolute Gasteiger partial charge is 0.309 e. The van der Waals surface area contributed by atoms with Crippen LogP contribution in [0.3, 0.4) is 0 Å². The van der Waals surface area contributed by atoms with Crippen LogP contribution < -0.4 is 26.6 Å². The Bertz CT molecular complexity index is 6720. The second-order valence-corrected chi connectivity index (χ2v) is 43.7. The zero-order valence-electron chi connectivity index (χ0n) is 85.1. The molecule has 5 N–H and O–H groups in total. The summed E-state index contributed by atoms with van der Waals surface area (Å²) in [5.74, 6) is 15.4. The third-order valence-electron chi connectivity index (χ3n) is 24.6. The Balaban J connectivity index is 0.000000131. The van der Waals surface area contributed by atoms with Crippen molar-refractivity contribution in [3.8, 4) is 0 Å². The number of ketones is 5. The molecule has 0 amide bonds. The lowest BCUT2D eigenvalue weighted by Gasteiger charge is -2.08. The molecule has 5 aliphatic heterocycles. The molecule has 146 heavy (non-hydrogen) atoms. The smallest absolute Gasteiger partial charge is 0.232 e. The molecule has 756 valence electrons. The first-order valence-electron chi connectivity index (χ1n) is 51.0. The molecule has 0 atom stereocenters. The first-order chi connectivity index (χ1) is 70.7. The molecule has 0 unspecified atom stereocenters. The van der Waals surface area contributed by atoms with Crippen molar-refractivity contribution < 1.29 is 24.0 Å². The molecule has 5 aliphatic carbocycles. The Morgan fingerprint density at radius 1 is 0.288 bits per heavy atom. The Labute approximate surface area is 875 Å². The summed E-state index contributed by atoms with van der Waals surface area (Å²) in [6.45, 7) is 27.7. The van der Waals surface area contributed by atoms with Gasteiger partial charge in [-0.15, -0.1) is 0 Å². The van der Waals surface area contributed by atoms with Crippen molar-refractivity contribution in [1.82, 2.24) is 74.8 Å². The van der Waals surface area contributed by atoms with E-state index in [1.807, 2.05) is 148 Å². The minimum Gasteiger partial charge on any atom is -0.309 e. The maximum atomic E-state index is 11.6. The van der Waals surface area contributed by atoms with Crippen LogP contribution in [0.2, 0.25) is 0 Å². The molecule has 35 heteroatoms. The number of hydrogen-bond donors (Lipinski definition) is 5. The van der Waals surface area contributed by atoms with E-state index in [0.717, 1.165) is 233 Å². The summed E-state index contributed by atoms with van der Waals surface area (Å²) in [4.78, 5) is 155. The highest BCUT2D eigenvalue weighted by molar-refractivity contribution is 8.00. The average Bonchev–Trinajstić information content (AvgIpc) is 1.69. The van der Waals surface area contributed by atoms with Gasteiger partial charge in [0.2, 0.25) is 29.7 Å². The molecule has 20 rings (SSSR count). The number of carbonyl (C=O) groups is 5. The zero-order chi connectivity index (χ0) is 102. The van der Waals surface area contributed by atoms with Gasteiger partial charge in [-0.25, -0.2) is 24.9 Å². The molecular formula is C111H127N25O5S5. The number of amidine groups is 5. The van der Waals surface area contributed by atoms with Gasteiger partial charge in [-0.3, -0.25) is 48.9 Å². The van der Waals surface area contributed by atoms with Gasteiger partial charge in [-0.2, -0.15) is 49.8 Å². The molecule has 0 saturated heterocycles. The summed E-state index contributed by atoms with van der Waals surface area (Å²) in [5.41, 5.74) is 11.7. The highest BCUT2D eigenvalue weighted by atomic mass is 32.2. The van der Waals surface area contributed by atoms with Gasteiger partial charge in [0.05, 0.1) is 32.7 Å². The summed E-state index contributed by atoms with van der Waals surface area (Å²) in [7, 11) is 0. The Morgan fingerprint density at radius 3 is 0.719 bits per heavy atom. The van der Waals surface area contributed by atoms with Crippen LogP contribution >= 0.6 is 58.8 Å². The van der Waals surface area contributed by atoms with Crippen LogP contribution in [0.4, 0.5) is 29.7 Å². The number of rotatable bonds is 39. The van der Waals surface area contributed by atoms with Gasteiger partial charge in [0.1, 0.15) is 87.2 Å². The SMILES string of the molecule is CC(=O)Cc1ccc(Sc2nc(NC3=NCC(C(C)C)=C3)nc(C3CC3)n2)cc1.CCC(=O)Cc1ccc(Sc2nc(NC3=NCC(C(C)C)=C3)nc(C3CC3)n2)cc1.CCC(=O)Cc1ccc(Sc2nc(NC3=NCC(C)=C3)nc(C3CC3)n2)cc1.CCCC1=CC(Nc2nc(Sc3ccc(CC(=O)CC)cc3)nc(C3CC3)n2)=NC1.CCCC1=CC(Nc2nc(Sc3ccc(CC(C)=O)cc3)nc(C3CC3)n2)=NC1.